The van der Waals surface area contributed by atoms with Crippen LogP contribution in [0.4, 0.5) is 11.6 Å². The van der Waals surface area contributed by atoms with E-state index in [-0.39, 0.29) is 11.8 Å². The van der Waals surface area contributed by atoms with E-state index < -0.39 is 23.6 Å². The average Bonchev–Trinajstić information content (AvgIpc) is 3.41. The molecule has 1 aliphatic heterocycles. The molecular weight excluding hydrogens is 375 g/mol. The Hall–Kier alpha value is -1.99. The number of nitrogens with zero attached hydrogens (tertiary/aromatic N) is 2. The van der Waals surface area contributed by atoms with Gasteiger partial charge in [-0.05, 0) is 52.0 Å². The fourth-order valence-corrected chi connectivity index (χ4v) is 3.26. The number of carbonyl (C=O) groups is 1. The molecule has 0 atom stereocenters. The van der Waals surface area contributed by atoms with Crippen LogP contribution in [0, 0.1) is 5.92 Å². The van der Waals surface area contributed by atoms with E-state index in [0.717, 1.165) is 18.2 Å². The van der Waals surface area contributed by atoms with Crippen molar-refractivity contribution in [3.05, 3.63) is 18.5 Å². The van der Waals surface area contributed by atoms with Gasteiger partial charge < -0.3 is 19.9 Å². The molecule has 2 fully saturated rings. The number of hydrogen-bond acceptors (Lipinski definition) is 6. The number of hydrogen-bond donors (Lipinski definition) is 2. The summed E-state index contributed by atoms with van der Waals surface area (Å²) in [6, 6.07) is 1.77. The van der Waals surface area contributed by atoms with Crippen molar-refractivity contribution in [2.75, 3.05) is 10.6 Å². The van der Waals surface area contributed by atoms with Crippen LogP contribution in [-0.2, 0) is 14.1 Å². The zero-order valence-corrected chi connectivity index (χ0v) is 17.7. The van der Waals surface area contributed by atoms with Gasteiger partial charge in [-0.15, -0.1) is 0 Å². The van der Waals surface area contributed by atoms with Crippen molar-refractivity contribution in [3.8, 4) is 0 Å². The van der Waals surface area contributed by atoms with E-state index >= 15 is 0 Å². The lowest BCUT2D eigenvalue weighted by atomic mass is 9.49. The van der Waals surface area contributed by atoms with E-state index in [1.807, 2.05) is 27.7 Å². The van der Waals surface area contributed by atoms with Gasteiger partial charge >= 0.3 is 7.12 Å². The van der Waals surface area contributed by atoms with E-state index in [1.54, 1.807) is 18.5 Å². The molecule has 1 saturated heterocycles. The molecule has 11 heteroatoms. The third-order valence-electron chi connectivity index (χ3n) is 5.84. The predicted molar refractivity (Wildman–Crippen MR) is 120 cm³/mol. The lowest BCUT2D eigenvalue weighted by Gasteiger charge is -2.32. The van der Waals surface area contributed by atoms with Crippen molar-refractivity contribution in [1.29, 1.82) is 0 Å². The number of aromatic nitrogens is 2. The summed E-state index contributed by atoms with van der Waals surface area (Å²) in [5.74, 6) is 0.836. The number of fused-ring (bicyclic) bond motifs is 1. The summed E-state index contributed by atoms with van der Waals surface area (Å²) >= 11 is 0. The average molecular weight is 398 g/mol. The van der Waals surface area contributed by atoms with E-state index in [9.17, 15) is 4.79 Å². The molecule has 1 aliphatic carbocycles. The summed E-state index contributed by atoms with van der Waals surface area (Å²) in [7, 11) is 16.5. The monoisotopic (exact) mass is 398 g/mol. The van der Waals surface area contributed by atoms with E-state index in [4.69, 9.17) is 32.8 Å². The van der Waals surface area contributed by atoms with Crippen molar-refractivity contribution >= 4 is 64.4 Å². The van der Waals surface area contributed by atoms with Crippen molar-refractivity contribution in [2.24, 2.45) is 5.92 Å². The van der Waals surface area contributed by atoms with Gasteiger partial charge in [0, 0.05) is 29.2 Å². The van der Waals surface area contributed by atoms with Crippen molar-refractivity contribution in [3.63, 3.8) is 0 Å². The maximum atomic E-state index is 12.2. The lowest BCUT2D eigenvalue weighted by Crippen LogP contribution is -2.41. The summed E-state index contributed by atoms with van der Waals surface area (Å²) in [4.78, 5) is 21.0. The van der Waals surface area contributed by atoms with Gasteiger partial charge in [-0.3, -0.25) is 4.79 Å². The Morgan fingerprint density at radius 2 is 1.73 bits per heavy atom. The topological polar surface area (TPSA) is 85.4 Å². The maximum absolute atomic E-state index is 12.2. The first kappa shape index (κ1) is 21.2. The Kier molecular flexibility index (Phi) is 4.97. The first-order valence-electron chi connectivity index (χ1n) is 9.96. The second-order valence-corrected chi connectivity index (χ2v) is 9.09. The van der Waals surface area contributed by atoms with Crippen LogP contribution in [0.2, 0.25) is 0 Å². The first-order chi connectivity index (χ1) is 13.9. The Balaban J connectivity index is 1.78. The molecular formula is C19H22B4N4O3. The minimum atomic E-state index is -1.66. The summed E-state index contributed by atoms with van der Waals surface area (Å²) < 4.78 is 12.4. The summed E-state index contributed by atoms with van der Waals surface area (Å²) in [5.41, 5.74) is -0.328. The third-order valence-corrected chi connectivity index (χ3v) is 5.84. The number of amides is 1. The van der Waals surface area contributed by atoms with Crippen molar-refractivity contribution in [1.82, 2.24) is 9.97 Å². The van der Waals surface area contributed by atoms with Gasteiger partial charge in [0.1, 0.15) is 11.6 Å². The molecule has 3 heterocycles. The molecule has 4 rings (SSSR count). The number of carbonyl (C=O) groups excluding carboxylic acids is 1. The first-order valence-corrected chi connectivity index (χ1v) is 9.96. The van der Waals surface area contributed by atoms with Gasteiger partial charge in [0.05, 0.1) is 34.7 Å². The number of nitrogens with one attached hydrogen (secondary N) is 2. The lowest BCUT2D eigenvalue weighted by molar-refractivity contribution is -0.117. The van der Waals surface area contributed by atoms with Crippen molar-refractivity contribution in [2.45, 2.75) is 57.0 Å². The minimum Gasteiger partial charge on any atom is -0.399 e. The van der Waals surface area contributed by atoms with Crippen molar-refractivity contribution < 1.29 is 14.1 Å². The third kappa shape index (κ3) is 4.10. The van der Waals surface area contributed by atoms with Crippen LogP contribution in [0.1, 0.15) is 40.5 Å². The molecule has 1 saturated carbocycles. The highest BCUT2D eigenvalue weighted by Crippen LogP contribution is 2.37. The van der Waals surface area contributed by atoms with Crippen LogP contribution in [0.5, 0.6) is 0 Å². The molecule has 0 spiro atoms. The molecule has 2 aromatic heterocycles. The highest BCUT2D eigenvalue weighted by atomic mass is 16.7. The number of rotatable bonds is 5. The Morgan fingerprint density at radius 1 is 1.10 bits per heavy atom. The van der Waals surface area contributed by atoms with E-state index in [0.29, 0.717) is 22.5 Å². The van der Waals surface area contributed by atoms with Gasteiger partial charge in [0.25, 0.3) is 0 Å². The van der Waals surface area contributed by atoms with Gasteiger partial charge in [-0.25, -0.2) is 9.97 Å². The summed E-state index contributed by atoms with van der Waals surface area (Å²) in [6.45, 7) is 7.92. The molecule has 0 bridgehead atoms. The van der Waals surface area contributed by atoms with Gasteiger partial charge in [-0.2, -0.15) is 0 Å². The fraction of sp³-hybridized carbons (Fsp3) is 0.526. The Bertz CT molecular complexity index is 989. The zero-order valence-electron chi connectivity index (χ0n) is 17.7. The van der Waals surface area contributed by atoms with Crippen LogP contribution < -0.4 is 16.1 Å². The molecule has 148 valence electrons. The molecule has 0 aromatic carbocycles. The van der Waals surface area contributed by atoms with Crippen LogP contribution in [-0.4, -0.2) is 63.0 Å². The number of anilines is 2. The molecule has 2 N–H and O–H groups in total. The van der Waals surface area contributed by atoms with Gasteiger partial charge in [-0.1, -0.05) is 5.24 Å². The van der Waals surface area contributed by atoms with Crippen LogP contribution in [0.3, 0.4) is 0 Å². The molecule has 7 nitrogen and oxygen atoms in total. The predicted octanol–water partition coefficient (Wildman–Crippen LogP) is 0.806. The smallest absolute Gasteiger partial charge is 0.399 e. The molecule has 0 unspecified atom stereocenters. The zero-order chi connectivity index (χ0) is 21.9. The second kappa shape index (κ2) is 7.02. The highest BCUT2D eigenvalue weighted by molar-refractivity contribution is 6.65. The molecule has 1 amide bonds. The van der Waals surface area contributed by atoms with E-state index in [1.165, 1.54) is 0 Å². The Morgan fingerprint density at radius 3 is 2.30 bits per heavy atom. The largest absolute Gasteiger partial charge is 0.497 e. The van der Waals surface area contributed by atoms with Gasteiger partial charge in [0.15, 0.2) is 0 Å². The van der Waals surface area contributed by atoms with E-state index in [2.05, 4.69) is 20.6 Å². The molecule has 6 radical (unpaired) electrons. The molecule has 30 heavy (non-hydrogen) atoms. The molecule has 2 aliphatic rings. The minimum absolute atomic E-state index is 0.0312. The summed E-state index contributed by atoms with van der Waals surface area (Å²) in [6.07, 6.45) is 5.03. The highest BCUT2D eigenvalue weighted by Gasteiger charge is 2.52. The standard InChI is InChI=1S/C19H22B4N4O3/c1-17(2)18(3,4)30-23(29-17)13-9-25-15(27-19(20,21)22)12-8-24-14(7-11(12)13)26-16(28)10-5-6-10/h7-10H,5-6H2,1-4H3,(H,25,27)(H,24,26,28). The normalized spacial score (nSPS) is 20.3. The SMILES string of the molecule is [B]C([B])([B])Nc1ncc(B2OC(C)(C)C(C)(C)O2)c2cc(NC(=O)C3CC3)ncc12. The fourth-order valence-electron chi connectivity index (χ4n) is 3.26. The van der Waals surface area contributed by atoms with Gasteiger partial charge in [0.2, 0.25) is 5.91 Å². The molecule has 2 aromatic rings. The quantitative estimate of drug-likeness (QED) is 0.726. The van der Waals surface area contributed by atoms with Crippen LogP contribution in [0.15, 0.2) is 18.5 Å². The number of pyridine rings is 2. The summed E-state index contributed by atoms with van der Waals surface area (Å²) in [5, 5.41) is 5.34. The van der Waals surface area contributed by atoms with Crippen LogP contribution in [0.25, 0.3) is 10.8 Å². The Labute approximate surface area is 180 Å². The second-order valence-electron chi connectivity index (χ2n) is 9.09. The maximum Gasteiger partial charge on any atom is 0.497 e. The van der Waals surface area contributed by atoms with Crippen LogP contribution >= 0.6 is 0 Å².